The predicted octanol–water partition coefficient (Wildman–Crippen LogP) is 2.54. The van der Waals surface area contributed by atoms with E-state index in [1.54, 1.807) is 4.90 Å². The molecule has 126 valence electrons. The van der Waals surface area contributed by atoms with Gasteiger partial charge in [-0.3, -0.25) is 9.59 Å². The number of ether oxygens (including phenoxy) is 1. The van der Waals surface area contributed by atoms with Crippen LogP contribution in [0.3, 0.4) is 0 Å². The quantitative estimate of drug-likeness (QED) is 0.847. The van der Waals surface area contributed by atoms with Gasteiger partial charge < -0.3 is 14.7 Å². The number of hydrogen-bond donors (Lipinski definition) is 1. The topological polar surface area (TPSA) is 66.8 Å². The van der Waals surface area contributed by atoms with Gasteiger partial charge >= 0.3 is 5.97 Å². The normalized spacial score (nSPS) is 32.7. The summed E-state index contributed by atoms with van der Waals surface area (Å²) >= 11 is 0. The van der Waals surface area contributed by atoms with Crippen molar-refractivity contribution in [3.63, 3.8) is 0 Å². The van der Waals surface area contributed by atoms with Crippen molar-refractivity contribution < 1.29 is 19.4 Å². The molecule has 1 aliphatic heterocycles. The fourth-order valence-electron chi connectivity index (χ4n) is 4.03. The lowest BCUT2D eigenvalue weighted by Gasteiger charge is -2.41. The zero-order valence-electron chi connectivity index (χ0n) is 13.8. The van der Waals surface area contributed by atoms with E-state index >= 15 is 0 Å². The Morgan fingerprint density at radius 1 is 1.27 bits per heavy atom. The molecule has 0 aromatic carbocycles. The van der Waals surface area contributed by atoms with Gasteiger partial charge in [0.15, 0.2) is 0 Å². The van der Waals surface area contributed by atoms with Gasteiger partial charge in [0.05, 0.1) is 6.61 Å². The number of carboxylic acid groups (broad SMARTS) is 1. The first-order valence-electron chi connectivity index (χ1n) is 8.53. The molecular formula is C17H29NO4. The first kappa shape index (κ1) is 17.3. The Balaban J connectivity index is 1.99. The molecule has 0 aromatic rings. The molecule has 1 saturated heterocycles. The van der Waals surface area contributed by atoms with E-state index in [9.17, 15) is 14.7 Å². The highest BCUT2D eigenvalue weighted by molar-refractivity contribution is 5.81. The van der Waals surface area contributed by atoms with Crippen LogP contribution in [-0.2, 0) is 14.3 Å². The van der Waals surface area contributed by atoms with Crippen LogP contribution >= 0.6 is 0 Å². The number of nitrogens with zero attached hydrogens (tertiary/aromatic N) is 1. The van der Waals surface area contributed by atoms with Crippen LogP contribution in [0.25, 0.3) is 0 Å². The van der Waals surface area contributed by atoms with Crippen LogP contribution in [0.4, 0.5) is 0 Å². The molecule has 2 fully saturated rings. The van der Waals surface area contributed by atoms with Crippen molar-refractivity contribution in [3.8, 4) is 0 Å². The maximum Gasteiger partial charge on any atom is 0.313 e. The third-order valence-electron chi connectivity index (χ3n) is 5.54. The number of methoxy groups -OCH3 is 1. The van der Waals surface area contributed by atoms with E-state index in [-0.39, 0.29) is 18.4 Å². The van der Waals surface area contributed by atoms with Crippen molar-refractivity contribution >= 4 is 11.9 Å². The second-order valence-corrected chi connectivity index (χ2v) is 7.01. The minimum Gasteiger partial charge on any atom is -0.481 e. The fourth-order valence-corrected chi connectivity index (χ4v) is 4.03. The third-order valence-corrected chi connectivity index (χ3v) is 5.54. The molecule has 2 rings (SSSR count). The molecular weight excluding hydrogens is 282 g/mol. The molecule has 1 aliphatic carbocycles. The molecule has 1 N–H and O–H groups in total. The molecule has 1 unspecified atom stereocenters. The SMILES string of the molecule is CCC1CCC(C(=O)N2CCCC(COC)(C(=O)O)C2)CC1. The van der Waals surface area contributed by atoms with Crippen LogP contribution in [0.15, 0.2) is 0 Å². The van der Waals surface area contributed by atoms with Gasteiger partial charge in [-0.25, -0.2) is 0 Å². The molecule has 22 heavy (non-hydrogen) atoms. The number of piperidine rings is 1. The Labute approximate surface area is 133 Å². The van der Waals surface area contributed by atoms with Crippen molar-refractivity contribution in [2.75, 3.05) is 26.8 Å². The van der Waals surface area contributed by atoms with Gasteiger partial charge in [0.2, 0.25) is 5.91 Å². The van der Waals surface area contributed by atoms with Gasteiger partial charge in [0.1, 0.15) is 5.41 Å². The summed E-state index contributed by atoms with van der Waals surface area (Å²) in [4.78, 5) is 26.2. The van der Waals surface area contributed by atoms with Crippen molar-refractivity contribution in [2.24, 2.45) is 17.3 Å². The number of amides is 1. The first-order valence-corrected chi connectivity index (χ1v) is 8.53. The number of hydrogen-bond acceptors (Lipinski definition) is 3. The Morgan fingerprint density at radius 3 is 2.50 bits per heavy atom. The second kappa shape index (κ2) is 7.44. The van der Waals surface area contributed by atoms with Crippen molar-refractivity contribution in [2.45, 2.75) is 51.9 Å². The molecule has 1 amide bonds. The van der Waals surface area contributed by atoms with Gasteiger partial charge in [-0.2, -0.15) is 0 Å². The predicted molar refractivity (Wildman–Crippen MR) is 83.5 cm³/mol. The van der Waals surface area contributed by atoms with Gasteiger partial charge in [0, 0.05) is 26.1 Å². The van der Waals surface area contributed by atoms with E-state index in [4.69, 9.17) is 4.74 Å². The monoisotopic (exact) mass is 311 g/mol. The molecule has 1 heterocycles. The highest BCUT2D eigenvalue weighted by Crippen LogP contribution is 2.35. The molecule has 0 radical (unpaired) electrons. The Kier molecular flexibility index (Phi) is 5.84. The average molecular weight is 311 g/mol. The van der Waals surface area contributed by atoms with E-state index in [1.165, 1.54) is 13.5 Å². The van der Waals surface area contributed by atoms with E-state index in [0.717, 1.165) is 38.0 Å². The number of rotatable bonds is 5. The Morgan fingerprint density at radius 2 is 1.95 bits per heavy atom. The van der Waals surface area contributed by atoms with Crippen LogP contribution in [0.1, 0.15) is 51.9 Å². The maximum atomic E-state index is 12.8. The number of aliphatic carboxylic acids is 1. The van der Waals surface area contributed by atoms with E-state index in [0.29, 0.717) is 19.5 Å². The Bertz CT molecular complexity index is 399. The summed E-state index contributed by atoms with van der Waals surface area (Å²) < 4.78 is 5.13. The summed E-state index contributed by atoms with van der Waals surface area (Å²) in [7, 11) is 1.53. The lowest BCUT2D eigenvalue weighted by molar-refractivity contribution is -0.160. The van der Waals surface area contributed by atoms with Crippen molar-refractivity contribution in [3.05, 3.63) is 0 Å². The summed E-state index contributed by atoms with van der Waals surface area (Å²) in [6.07, 6.45) is 6.69. The van der Waals surface area contributed by atoms with Gasteiger partial charge in [-0.1, -0.05) is 13.3 Å². The lowest BCUT2D eigenvalue weighted by Crippen LogP contribution is -2.53. The molecule has 0 aromatic heterocycles. The van der Waals surface area contributed by atoms with E-state index in [2.05, 4.69) is 6.92 Å². The van der Waals surface area contributed by atoms with Crippen LogP contribution in [0, 0.1) is 17.3 Å². The van der Waals surface area contributed by atoms with Crippen LogP contribution in [-0.4, -0.2) is 48.7 Å². The van der Waals surface area contributed by atoms with Crippen molar-refractivity contribution in [1.82, 2.24) is 4.90 Å². The maximum absolute atomic E-state index is 12.8. The highest BCUT2D eigenvalue weighted by atomic mass is 16.5. The second-order valence-electron chi connectivity index (χ2n) is 7.01. The summed E-state index contributed by atoms with van der Waals surface area (Å²) in [5, 5.41) is 9.58. The Hall–Kier alpha value is -1.10. The zero-order chi connectivity index (χ0) is 16.2. The van der Waals surface area contributed by atoms with Crippen LogP contribution in [0.5, 0.6) is 0 Å². The minimum absolute atomic E-state index is 0.0925. The average Bonchev–Trinajstić information content (AvgIpc) is 2.54. The van der Waals surface area contributed by atoms with Gasteiger partial charge in [0.25, 0.3) is 0 Å². The lowest BCUT2D eigenvalue weighted by atomic mass is 9.78. The first-order chi connectivity index (χ1) is 10.5. The standard InChI is InChI=1S/C17H29NO4/c1-3-13-5-7-14(8-6-13)15(19)18-10-4-9-17(11-18,12-22-2)16(20)21/h13-14H,3-12H2,1-2H3,(H,20,21). The van der Waals surface area contributed by atoms with Gasteiger partial charge in [-0.15, -0.1) is 0 Å². The molecule has 2 aliphatic rings. The number of carboxylic acids is 1. The van der Waals surface area contributed by atoms with E-state index < -0.39 is 11.4 Å². The number of likely N-dealkylation sites (tertiary alicyclic amines) is 1. The minimum atomic E-state index is -0.927. The summed E-state index contributed by atoms with van der Waals surface area (Å²) in [6.45, 7) is 3.37. The molecule has 5 nitrogen and oxygen atoms in total. The molecule has 0 spiro atoms. The molecule has 0 bridgehead atoms. The smallest absolute Gasteiger partial charge is 0.313 e. The van der Waals surface area contributed by atoms with Crippen molar-refractivity contribution in [1.29, 1.82) is 0 Å². The third kappa shape index (κ3) is 3.62. The highest BCUT2D eigenvalue weighted by Gasteiger charge is 2.44. The summed E-state index contributed by atoms with van der Waals surface area (Å²) in [5.74, 6) is 0.171. The molecule has 1 saturated carbocycles. The molecule has 1 atom stereocenters. The van der Waals surface area contributed by atoms with Crippen LogP contribution < -0.4 is 0 Å². The summed E-state index contributed by atoms with van der Waals surface area (Å²) in [5.41, 5.74) is -0.927. The molecule has 5 heteroatoms. The number of carbonyl (C=O) groups is 2. The van der Waals surface area contributed by atoms with Crippen LogP contribution in [0.2, 0.25) is 0 Å². The zero-order valence-corrected chi connectivity index (χ0v) is 13.8. The summed E-state index contributed by atoms with van der Waals surface area (Å²) in [6, 6.07) is 0. The number of carbonyl (C=O) groups excluding carboxylic acids is 1. The van der Waals surface area contributed by atoms with Gasteiger partial charge in [-0.05, 0) is 44.4 Å². The largest absolute Gasteiger partial charge is 0.481 e. The fraction of sp³-hybridized carbons (Fsp3) is 0.882. The van der Waals surface area contributed by atoms with E-state index in [1.807, 2.05) is 0 Å².